The zero-order valence-corrected chi connectivity index (χ0v) is 22.3. The van der Waals surface area contributed by atoms with Gasteiger partial charge >= 0.3 is 51.4 Å². The molecule has 0 fully saturated rings. The number of carboxylic acids is 1. The van der Waals surface area contributed by atoms with Crippen LogP contribution in [0.1, 0.15) is 50.1 Å². The Morgan fingerprint density at radius 1 is 1.28 bits per heavy atom. The van der Waals surface area contributed by atoms with E-state index < -0.39 is 5.97 Å². The molecule has 29 heavy (non-hydrogen) atoms. The van der Waals surface area contributed by atoms with Crippen LogP contribution in [0.2, 0.25) is 0 Å². The van der Waals surface area contributed by atoms with E-state index in [1.54, 1.807) is 0 Å². The maximum Gasteiger partial charge on any atom is 1.00 e. The molecule has 1 atom stereocenters. The monoisotopic (exact) mass is 482 g/mol. The number of ether oxygens (including phenoxy) is 1. The van der Waals surface area contributed by atoms with Crippen LogP contribution in [0.5, 0.6) is 5.75 Å². The first-order valence-corrected chi connectivity index (χ1v) is 10.3. The minimum atomic E-state index is -1.10. The number of hydrogen-bond donors (Lipinski definition) is 0. The van der Waals surface area contributed by atoms with Crippen LogP contribution in [0.3, 0.4) is 0 Å². The smallest absolute Gasteiger partial charge is 0.545 e. The van der Waals surface area contributed by atoms with Crippen molar-refractivity contribution in [2.24, 2.45) is 5.41 Å². The van der Waals surface area contributed by atoms with Crippen LogP contribution in [0.15, 0.2) is 40.5 Å². The molecule has 0 amide bonds. The number of aromatic nitrogens is 1. The van der Waals surface area contributed by atoms with Gasteiger partial charge in [-0.1, -0.05) is 39.0 Å². The van der Waals surface area contributed by atoms with E-state index in [2.05, 4.69) is 37.7 Å². The predicted octanol–water partition coefficient (Wildman–Crippen LogP) is 0.588. The number of carbonyl (C=O) groups excluding carboxylic acids is 1. The molecule has 0 unspecified atom stereocenters. The molecule has 0 spiro atoms. The molecule has 7 heteroatoms. The fraction of sp³-hybridized carbons (Fsp3) is 0.409. The number of carboxylic acid groups (broad SMARTS) is 1. The number of rotatable bonds is 2. The molecule has 1 aromatic heterocycles. The molecule has 148 valence electrons. The molecule has 2 aliphatic rings. The Hall–Kier alpha value is -0.574. The Kier molecular flexibility index (Phi) is 6.78. The summed E-state index contributed by atoms with van der Waals surface area (Å²) in [5.74, 6) is -0.239. The van der Waals surface area contributed by atoms with Crippen molar-refractivity contribution in [1.29, 1.82) is 0 Å². The van der Waals surface area contributed by atoms with E-state index >= 15 is 0 Å². The number of para-hydroxylation sites is 1. The van der Waals surface area contributed by atoms with Crippen molar-refractivity contribution < 1.29 is 66.0 Å². The molecule has 2 aliphatic heterocycles. The van der Waals surface area contributed by atoms with Gasteiger partial charge in [-0.25, -0.2) is 4.68 Å². The fourth-order valence-electron chi connectivity index (χ4n) is 4.38. The first-order valence-electron chi connectivity index (χ1n) is 9.52. The minimum absolute atomic E-state index is 0. The Bertz CT molecular complexity index is 990. The van der Waals surface area contributed by atoms with Gasteiger partial charge in [0.2, 0.25) is 0 Å². The summed E-state index contributed by atoms with van der Waals surface area (Å²) in [6, 6.07) is 10.1. The quantitative estimate of drug-likeness (QED) is 0.587. The number of hydrogen-bond acceptors (Lipinski definition) is 4. The van der Waals surface area contributed by atoms with E-state index in [1.807, 2.05) is 45.9 Å². The third-order valence-corrected chi connectivity index (χ3v) is 6.47. The van der Waals surface area contributed by atoms with Crippen molar-refractivity contribution >= 4 is 27.5 Å². The van der Waals surface area contributed by atoms with Crippen molar-refractivity contribution in [3.8, 4) is 5.75 Å². The van der Waals surface area contributed by atoms with Crippen LogP contribution in [0.25, 0.3) is 5.57 Å². The molecule has 0 aliphatic carbocycles. The SMILES string of the molecule is Cc1cc2n(c1Br)N([C@H]1CCOc3ccccc31)CC(C(=O)[O-])=C2C(C)(C)C.[K+]. The van der Waals surface area contributed by atoms with Gasteiger partial charge in [0.25, 0.3) is 0 Å². The molecule has 5 nitrogen and oxygen atoms in total. The van der Waals surface area contributed by atoms with Crippen LogP contribution in [0, 0.1) is 12.3 Å². The Labute approximate surface area is 222 Å². The van der Waals surface area contributed by atoms with E-state index in [0.29, 0.717) is 12.2 Å². The number of halogens is 1. The molecule has 0 saturated carbocycles. The third kappa shape index (κ3) is 4.02. The largest absolute Gasteiger partial charge is 1.00 e. The first kappa shape index (κ1) is 23.1. The van der Waals surface area contributed by atoms with Crippen molar-refractivity contribution in [1.82, 2.24) is 4.68 Å². The topological polar surface area (TPSA) is 57.5 Å². The number of fused-ring (bicyclic) bond motifs is 2. The third-order valence-electron chi connectivity index (χ3n) is 5.51. The predicted molar refractivity (Wildman–Crippen MR) is 111 cm³/mol. The van der Waals surface area contributed by atoms with Crippen LogP contribution in [-0.4, -0.2) is 23.8 Å². The van der Waals surface area contributed by atoms with Gasteiger partial charge in [0.1, 0.15) is 10.4 Å². The van der Waals surface area contributed by atoms with Crippen LogP contribution in [-0.2, 0) is 4.79 Å². The van der Waals surface area contributed by atoms with Gasteiger partial charge in [-0.15, -0.1) is 0 Å². The second kappa shape index (κ2) is 8.52. The maximum absolute atomic E-state index is 12.1. The summed E-state index contributed by atoms with van der Waals surface area (Å²) in [6.45, 7) is 9.06. The molecular formula is C22H24BrKN2O3. The Balaban J connectivity index is 0.00000240. The van der Waals surface area contributed by atoms with E-state index in [-0.39, 0.29) is 69.4 Å². The summed E-state index contributed by atoms with van der Waals surface area (Å²) in [6.07, 6.45) is 0.783. The van der Waals surface area contributed by atoms with Gasteiger partial charge in [0.05, 0.1) is 30.9 Å². The standard InChI is InChI=1S/C22H25BrN2O3.K/c1-13-11-17-19(22(2,3)4)15(21(26)27)12-24(25(17)20(13)23)16-9-10-28-18-8-6-5-7-14(16)18;/h5-8,11,16H,9-10,12H2,1-4H3,(H,26,27);/q;+1/p-1/t16-;/m0./s1. The van der Waals surface area contributed by atoms with Crippen molar-refractivity contribution in [2.45, 2.75) is 40.2 Å². The van der Waals surface area contributed by atoms with Crippen LogP contribution < -0.4 is 66.2 Å². The molecule has 3 heterocycles. The summed E-state index contributed by atoms with van der Waals surface area (Å²) in [4.78, 5) is 12.1. The van der Waals surface area contributed by atoms with Crippen LogP contribution >= 0.6 is 15.9 Å². The van der Waals surface area contributed by atoms with E-state index in [4.69, 9.17) is 4.74 Å². The zero-order valence-electron chi connectivity index (χ0n) is 17.6. The molecule has 4 rings (SSSR count). The zero-order chi connectivity index (χ0) is 20.2. The minimum Gasteiger partial charge on any atom is -0.545 e. The van der Waals surface area contributed by atoms with Gasteiger partial charge < -0.3 is 14.6 Å². The first-order chi connectivity index (χ1) is 13.2. The molecular weight excluding hydrogens is 459 g/mol. The fourth-order valence-corrected chi connectivity index (χ4v) is 4.89. The number of carbonyl (C=O) groups is 1. The molecule has 0 bridgehead atoms. The average Bonchev–Trinajstić information content (AvgIpc) is 2.93. The molecule has 0 radical (unpaired) electrons. The number of benzene rings is 1. The van der Waals surface area contributed by atoms with Crippen molar-refractivity contribution in [3.63, 3.8) is 0 Å². The van der Waals surface area contributed by atoms with Gasteiger partial charge in [0, 0.05) is 17.6 Å². The van der Waals surface area contributed by atoms with Crippen molar-refractivity contribution in [2.75, 3.05) is 18.2 Å². The Morgan fingerprint density at radius 3 is 2.62 bits per heavy atom. The summed E-state index contributed by atoms with van der Waals surface area (Å²) >= 11 is 3.74. The van der Waals surface area contributed by atoms with Crippen molar-refractivity contribution in [3.05, 3.63) is 57.3 Å². The number of nitrogens with zero attached hydrogens (tertiary/aromatic N) is 2. The molecule has 2 aromatic rings. The molecule has 1 aromatic carbocycles. The summed E-state index contributed by atoms with van der Waals surface area (Å²) in [7, 11) is 0. The second-order valence-electron chi connectivity index (χ2n) is 8.49. The number of allylic oxidation sites excluding steroid dienone is 1. The van der Waals surface area contributed by atoms with Crippen LogP contribution in [0.4, 0.5) is 0 Å². The van der Waals surface area contributed by atoms with E-state index in [1.165, 1.54) is 0 Å². The average molecular weight is 483 g/mol. The summed E-state index contributed by atoms with van der Waals surface area (Å²) < 4.78 is 8.91. The van der Waals surface area contributed by atoms with E-state index in [0.717, 1.165) is 39.2 Å². The summed E-state index contributed by atoms with van der Waals surface area (Å²) in [5.41, 5.74) is 3.92. The number of aliphatic carboxylic acids is 1. The molecule has 0 saturated heterocycles. The van der Waals surface area contributed by atoms with Gasteiger partial charge in [-0.3, -0.25) is 5.01 Å². The van der Waals surface area contributed by atoms with E-state index in [9.17, 15) is 9.90 Å². The van der Waals surface area contributed by atoms with Gasteiger partial charge in [-0.2, -0.15) is 0 Å². The summed E-state index contributed by atoms with van der Waals surface area (Å²) in [5, 5.41) is 14.3. The second-order valence-corrected chi connectivity index (χ2v) is 9.25. The van der Waals surface area contributed by atoms with Gasteiger partial charge in [0.15, 0.2) is 0 Å². The number of aryl methyl sites for hydroxylation is 1. The molecule has 0 N–H and O–H groups in total. The maximum atomic E-state index is 12.1. The van der Waals surface area contributed by atoms with Gasteiger partial charge in [-0.05, 0) is 51.5 Å². The Morgan fingerprint density at radius 2 is 1.97 bits per heavy atom. The normalized spacial score (nSPS) is 18.5.